The molecule has 1 heterocycles. The highest BCUT2D eigenvalue weighted by Gasteiger charge is 2.14. The summed E-state index contributed by atoms with van der Waals surface area (Å²) in [6.07, 6.45) is 1.48. The molecule has 0 atom stereocenters. The Bertz CT molecular complexity index is 644. The van der Waals surface area contributed by atoms with Gasteiger partial charge in [-0.25, -0.2) is 0 Å². The quantitative estimate of drug-likeness (QED) is 0.881. The van der Waals surface area contributed by atoms with Gasteiger partial charge in [0.25, 0.3) is 5.91 Å². The third-order valence-electron chi connectivity index (χ3n) is 3.06. The second-order valence-electron chi connectivity index (χ2n) is 5.72. The maximum absolute atomic E-state index is 12.1. The summed E-state index contributed by atoms with van der Waals surface area (Å²) in [7, 11) is 0. The van der Waals surface area contributed by atoms with Crippen molar-refractivity contribution in [1.82, 2.24) is 4.98 Å². The van der Waals surface area contributed by atoms with E-state index in [2.05, 4.69) is 31.1 Å². The molecule has 0 aliphatic rings. The fourth-order valence-corrected chi connectivity index (χ4v) is 1.81. The predicted molar refractivity (Wildman–Crippen MR) is 80.2 cm³/mol. The number of carbonyl (C=O) groups is 1. The van der Waals surface area contributed by atoms with Crippen molar-refractivity contribution in [2.24, 2.45) is 0 Å². The number of carbonyl (C=O) groups excluding carboxylic acids is 1. The molecule has 20 heavy (non-hydrogen) atoms. The van der Waals surface area contributed by atoms with Crippen LogP contribution in [0.1, 0.15) is 36.7 Å². The Balaban J connectivity index is 2.13. The number of aromatic nitrogens is 1. The minimum Gasteiger partial charge on any atom is -0.327 e. The number of pyridine rings is 1. The molecule has 4 nitrogen and oxygen atoms in total. The number of nitrogens with one attached hydrogen (secondary N) is 2. The van der Waals surface area contributed by atoms with E-state index in [9.17, 15) is 9.59 Å². The Morgan fingerprint density at radius 2 is 1.70 bits per heavy atom. The van der Waals surface area contributed by atoms with E-state index in [1.54, 1.807) is 6.07 Å². The van der Waals surface area contributed by atoms with Gasteiger partial charge in [0, 0.05) is 17.8 Å². The van der Waals surface area contributed by atoms with Crippen molar-refractivity contribution in [2.45, 2.75) is 26.2 Å². The number of rotatable bonds is 2. The molecule has 1 aromatic carbocycles. The standard InChI is InChI=1S/C16H18N2O2/c1-16(2,3)12-6-4-11(5-7-12)15(20)18-13-8-9-14(19)17-10-13/h4-10H,1-3H3,(H,17,19)(H,18,20). The summed E-state index contributed by atoms with van der Waals surface area (Å²) >= 11 is 0. The lowest BCUT2D eigenvalue weighted by Gasteiger charge is -2.19. The number of benzene rings is 1. The molecule has 0 saturated heterocycles. The van der Waals surface area contributed by atoms with Crippen molar-refractivity contribution >= 4 is 11.6 Å². The first-order valence-electron chi connectivity index (χ1n) is 6.47. The van der Waals surface area contributed by atoms with Gasteiger partial charge in [0.1, 0.15) is 0 Å². The first-order valence-corrected chi connectivity index (χ1v) is 6.47. The van der Waals surface area contributed by atoms with Crippen LogP contribution in [0, 0.1) is 0 Å². The Hall–Kier alpha value is -2.36. The lowest BCUT2D eigenvalue weighted by atomic mass is 9.87. The molecular formula is C16H18N2O2. The summed E-state index contributed by atoms with van der Waals surface area (Å²) < 4.78 is 0. The van der Waals surface area contributed by atoms with Gasteiger partial charge in [-0.15, -0.1) is 0 Å². The molecule has 1 amide bonds. The van der Waals surface area contributed by atoms with Crippen LogP contribution in [0.25, 0.3) is 0 Å². The number of anilines is 1. The number of hydrogen-bond donors (Lipinski definition) is 2. The maximum Gasteiger partial charge on any atom is 0.255 e. The molecule has 2 rings (SSSR count). The van der Waals surface area contributed by atoms with E-state index in [4.69, 9.17) is 0 Å². The van der Waals surface area contributed by atoms with Crippen LogP contribution in [0.3, 0.4) is 0 Å². The van der Waals surface area contributed by atoms with E-state index in [-0.39, 0.29) is 16.9 Å². The normalized spacial score (nSPS) is 11.2. The Labute approximate surface area is 117 Å². The Morgan fingerprint density at radius 3 is 2.20 bits per heavy atom. The molecule has 0 unspecified atom stereocenters. The van der Waals surface area contributed by atoms with Crippen molar-refractivity contribution < 1.29 is 4.79 Å². The molecule has 0 bridgehead atoms. The zero-order chi connectivity index (χ0) is 14.8. The van der Waals surface area contributed by atoms with Gasteiger partial charge in [0.15, 0.2) is 0 Å². The van der Waals surface area contributed by atoms with Crippen molar-refractivity contribution in [3.8, 4) is 0 Å². The highest BCUT2D eigenvalue weighted by molar-refractivity contribution is 6.04. The van der Waals surface area contributed by atoms with Crippen LogP contribution in [-0.4, -0.2) is 10.9 Å². The molecule has 0 radical (unpaired) electrons. The third kappa shape index (κ3) is 3.35. The number of hydrogen-bond acceptors (Lipinski definition) is 2. The zero-order valence-corrected chi connectivity index (χ0v) is 11.9. The predicted octanol–water partition coefficient (Wildman–Crippen LogP) is 2.92. The summed E-state index contributed by atoms with van der Waals surface area (Å²) in [5.74, 6) is -0.197. The molecule has 2 N–H and O–H groups in total. The van der Waals surface area contributed by atoms with E-state index in [0.29, 0.717) is 11.3 Å². The molecule has 4 heteroatoms. The average Bonchev–Trinajstić information content (AvgIpc) is 2.40. The van der Waals surface area contributed by atoms with E-state index in [0.717, 1.165) is 0 Å². The van der Waals surface area contributed by atoms with Crippen LogP contribution in [0.15, 0.2) is 47.4 Å². The lowest BCUT2D eigenvalue weighted by molar-refractivity contribution is 0.102. The van der Waals surface area contributed by atoms with Crippen LogP contribution in [0.4, 0.5) is 5.69 Å². The van der Waals surface area contributed by atoms with Gasteiger partial charge in [-0.3, -0.25) is 9.59 Å². The van der Waals surface area contributed by atoms with Gasteiger partial charge in [0.05, 0.1) is 5.69 Å². The second-order valence-corrected chi connectivity index (χ2v) is 5.72. The highest BCUT2D eigenvalue weighted by Crippen LogP contribution is 2.22. The summed E-state index contributed by atoms with van der Waals surface area (Å²) in [6.45, 7) is 6.38. The minimum atomic E-state index is -0.197. The molecule has 0 aliphatic carbocycles. The van der Waals surface area contributed by atoms with Crippen LogP contribution in [0.2, 0.25) is 0 Å². The van der Waals surface area contributed by atoms with Crippen LogP contribution in [-0.2, 0) is 5.41 Å². The lowest BCUT2D eigenvalue weighted by Crippen LogP contribution is -2.15. The smallest absolute Gasteiger partial charge is 0.255 e. The number of H-pyrrole nitrogens is 1. The fraction of sp³-hybridized carbons (Fsp3) is 0.250. The van der Waals surface area contributed by atoms with Crippen LogP contribution >= 0.6 is 0 Å². The fourth-order valence-electron chi connectivity index (χ4n) is 1.81. The minimum absolute atomic E-state index is 0.0634. The summed E-state index contributed by atoms with van der Waals surface area (Å²) in [5.41, 5.74) is 2.20. The van der Waals surface area contributed by atoms with Gasteiger partial charge in [-0.1, -0.05) is 32.9 Å². The van der Waals surface area contributed by atoms with Crippen LogP contribution in [0.5, 0.6) is 0 Å². The first-order chi connectivity index (χ1) is 9.36. The first kappa shape index (κ1) is 14.1. The van der Waals surface area contributed by atoms with Crippen molar-refractivity contribution in [3.05, 3.63) is 64.1 Å². The van der Waals surface area contributed by atoms with E-state index in [1.807, 2.05) is 24.3 Å². The largest absolute Gasteiger partial charge is 0.327 e. The molecule has 0 saturated carbocycles. The molecule has 0 aliphatic heterocycles. The topological polar surface area (TPSA) is 62.0 Å². The molecule has 104 valence electrons. The third-order valence-corrected chi connectivity index (χ3v) is 3.06. The van der Waals surface area contributed by atoms with Crippen molar-refractivity contribution in [1.29, 1.82) is 0 Å². The molecule has 0 fully saturated rings. The second kappa shape index (κ2) is 5.33. The van der Waals surface area contributed by atoms with Crippen molar-refractivity contribution in [3.63, 3.8) is 0 Å². The van der Waals surface area contributed by atoms with Gasteiger partial charge in [0.2, 0.25) is 5.56 Å². The number of aromatic amines is 1. The van der Waals surface area contributed by atoms with E-state index >= 15 is 0 Å². The monoisotopic (exact) mass is 270 g/mol. The summed E-state index contributed by atoms with van der Waals surface area (Å²) in [4.78, 5) is 25.5. The molecular weight excluding hydrogens is 252 g/mol. The molecule has 2 aromatic rings. The summed E-state index contributed by atoms with van der Waals surface area (Å²) in [6, 6.07) is 10.5. The maximum atomic E-state index is 12.1. The van der Waals surface area contributed by atoms with Gasteiger partial charge >= 0.3 is 0 Å². The Morgan fingerprint density at radius 1 is 1.05 bits per heavy atom. The molecule has 1 aromatic heterocycles. The van der Waals surface area contributed by atoms with E-state index < -0.39 is 0 Å². The van der Waals surface area contributed by atoms with Gasteiger partial charge in [-0.2, -0.15) is 0 Å². The van der Waals surface area contributed by atoms with Gasteiger partial charge < -0.3 is 10.3 Å². The van der Waals surface area contributed by atoms with Crippen molar-refractivity contribution in [2.75, 3.05) is 5.32 Å². The zero-order valence-electron chi connectivity index (χ0n) is 11.9. The summed E-state index contributed by atoms with van der Waals surface area (Å²) in [5, 5.41) is 2.73. The van der Waals surface area contributed by atoms with E-state index in [1.165, 1.54) is 17.8 Å². The SMILES string of the molecule is CC(C)(C)c1ccc(C(=O)Nc2ccc(=O)[nH]c2)cc1. The Kier molecular flexibility index (Phi) is 3.74. The van der Waals surface area contributed by atoms with Gasteiger partial charge in [-0.05, 0) is 29.2 Å². The molecule has 0 spiro atoms. The highest BCUT2D eigenvalue weighted by atomic mass is 16.1. The van der Waals surface area contributed by atoms with Crippen LogP contribution < -0.4 is 10.9 Å². The average molecular weight is 270 g/mol. The number of amides is 1.